The highest BCUT2D eigenvalue weighted by Crippen LogP contribution is 2.49. The van der Waals surface area contributed by atoms with Gasteiger partial charge in [0.25, 0.3) is 6.43 Å². The molecule has 0 saturated carbocycles. The van der Waals surface area contributed by atoms with Crippen molar-refractivity contribution in [2.24, 2.45) is 0 Å². The van der Waals surface area contributed by atoms with Crippen molar-refractivity contribution >= 4 is 19.1 Å². The van der Waals surface area contributed by atoms with Crippen LogP contribution >= 0.6 is 0 Å². The molecule has 0 amide bonds. The summed E-state index contributed by atoms with van der Waals surface area (Å²) in [6, 6.07) is 5.55. The van der Waals surface area contributed by atoms with Crippen LogP contribution in [0.5, 0.6) is 11.8 Å². The molecular formula is C26H29F4N5O3Si. The molecule has 4 aromatic heterocycles. The molecule has 8 nitrogen and oxygen atoms in total. The van der Waals surface area contributed by atoms with Crippen LogP contribution in [0.3, 0.4) is 0 Å². The van der Waals surface area contributed by atoms with Crippen molar-refractivity contribution in [3.8, 4) is 34.1 Å². The summed E-state index contributed by atoms with van der Waals surface area (Å²) < 4.78 is 77.6. The lowest BCUT2D eigenvalue weighted by Crippen LogP contribution is -2.27. The zero-order chi connectivity index (χ0) is 27.9. The highest BCUT2D eigenvalue weighted by Gasteiger charge is 2.36. The molecule has 0 aliphatic carbocycles. The SMILES string of the molecule is COc1ncc(F)cc1-c1c(-c2c(C(F)F)nn3c2OC[C@@H](F)C3)n(COCC[Si](C)(C)C)c2ncccc12. The molecule has 0 aromatic carbocycles. The lowest BCUT2D eigenvalue weighted by atomic mass is 9.99. The second-order valence-electron chi connectivity index (χ2n) is 10.5. The normalized spacial score (nSPS) is 15.6. The van der Waals surface area contributed by atoms with Crippen molar-refractivity contribution in [3.05, 3.63) is 42.1 Å². The third kappa shape index (κ3) is 5.24. The van der Waals surface area contributed by atoms with E-state index in [0.717, 1.165) is 16.9 Å². The van der Waals surface area contributed by atoms with E-state index in [9.17, 15) is 17.6 Å². The molecule has 4 aromatic rings. The van der Waals surface area contributed by atoms with Crippen molar-refractivity contribution in [2.75, 3.05) is 20.3 Å². The number of rotatable bonds is 9. The zero-order valence-corrected chi connectivity index (χ0v) is 23.0. The summed E-state index contributed by atoms with van der Waals surface area (Å²) in [7, 11) is -0.0301. The van der Waals surface area contributed by atoms with Crippen LogP contribution < -0.4 is 9.47 Å². The van der Waals surface area contributed by atoms with E-state index in [-0.39, 0.29) is 48.5 Å². The first-order chi connectivity index (χ1) is 18.6. The molecular weight excluding hydrogens is 534 g/mol. The van der Waals surface area contributed by atoms with Crippen LogP contribution in [-0.4, -0.2) is 58.9 Å². The van der Waals surface area contributed by atoms with Gasteiger partial charge in [-0.05, 0) is 24.2 Å². The van der Waals surface area contributed by atoms with E-state index in [4.69, 9.17) is 14.2 Å². The van der Waals surface area contributed by atoms with E-state index in [2.05, 4.69) is 34.7 Å². The number of ether oxygens (including phenoxy) is 3. The minimum absolute atomic E-state index is 0.00469. The summed E-state index contributed by atoms with van der Waals surface area (Å²) in [5, 5.41) is 4.56. The monoisotopic (exact) mass is 563 g/mol. The molecule has 1 aliphatic heterocycles. The second kappa shape index (κ2) is 10.6. The van der Waals surface area contributed by atoms with Gasteiger partial charge in [-0.15, -0.1) is 0 Å². The van der Waals surface area contributed by atoms with Crippen molar-refractivity contribution in [1.82, 2.24) is 24.3 Å². The Hall–Kier alpha value is -3.45. The minimum Gasteiger partial charge on any atom is -0.481 e. The smallest absolute Gasteiger partial charge is 0.282 e. The second-order valence-corrected chi connectivity index (χ2v) is 16.2. The first kappa shape index (κ1) is 27.1. The first-order valence-corrected chi connectivity index (χ1v) is 16.2. The van der Waals surface area contributed by atoms with Crippen LogP contribution in [0.1, 0.15) is 12.1 Å². The lowest BCUT2D eigenvalue weighted by molar-refractivity contribution is 0.0907. The number of hydrogen-bond donors (Lipinski definition) is 0. The molecule has 0 spiro atoms. The molecule has 5 rings (SSSR count). The summed E-state index contributed by atoms with van der Waals surface area (Å²) in [6.45, 7) is 6.54. The Balaban J connectivity index is 1.82. The van der Waals surface area contributed by atoms with E-state index >= 15 is 0 Å². The number of pyridine rings is 2. The van der Waals surface area contributed by atoms with E-state index in [1.54, 1.807) is 22.9 Å². The molecule has 1 atom stereocenters. The fraction of sp³-hybridized carbons (Fsp3) is 0.423. The fourth-order valence-electron chi connectivity index (χ4n) is 4.66. The standard InChI is InChI=1S/C26H29F4N5O3Si/c1-36-25-18(10-15(27)11-32-25)19-17-6-5-7-31-24(17)34(14-37-8-9-39(2,3)4)22(19)20-21(23(29)30)33-35-12-16(28)13-38-26(20)35/h5-7,10-11,16,23H,8-9,12-14H2,1-4H3/t16-/m0/s1. The Morgan fingerprint density at radius 2 is 2.00 bits per heavy atom. The third-order valence-corrected chi connectivity index (χ3v) is 8.17. The molecule has 1 aliphatic rings. The van der Waals surface area contributed by atoms with Gasteiger partial charge in [0, 0.05) is 37.4 Å². The van der Waals surface area contributed by atoms with Crippen LogP contribution in [0.4, 0.5) is 17.6 Å². The Morgan fingerprint density at radius 1 is 1.21 bits per heavy atom. The van der Waals surface area contributed by atoms with E-state index in [0.29, 0.717) is 23.2 Å². The molecule has 0 bridgehead atoms. The topological polar surface area (TPSA) is 76.2 Å². The van der Waals surface area contributed by atoms with Crippen molar-refractivity contribution < 1.29 is 31.8 Å². The highest BCUT2D eigenvalue weighted by molar-refractivity contribution is 6.76. The number of hydrogen-bond acceptors (Lipinski definition) is 6. The van der Waals surface area contributed by atoms with Gasteiger partial charge < -0.3 is 18.8 Å². The Bertz CT molecular complexity index is 1500. The van der Waals surface area contributed by atoms with Crippen LogP contribution in [0, 0.1) is 5.82 Å². The molecule has 0 saturated heterocycles. The van der Waals surface area contributed by atoms with Gasteiger partial charge in [-0.25, -0.2) is 32.2 Å². The van der Waals surface area contributed by atoms with Gasteiger partial charge in [-0.2, -0.15) is 5.10 Å². The van der Waals surface area contributed by atoms with Gasteiger partial charge in [-0.3, -0.25) is 0 Å². The number of aromatic nitrogens is 5. The third-order valence-electron chi connectivity index (χ3n) is 6.46. The van der Waals surface area contributed by atoms with E-state index in [1.807, 2.05) is 0 Å². The lowest BCUT2D eigenvalue weighted by Gasteiger charge is -2.21. The zero-order valence-electron chi connectivity index (χ0n) is 22.0. The molecule has 0 unspecified atom stereocenters. The summed E-state index contributed by atoms with van der Waals surface area (Å²) >= 11 is 0. The van der Waals surface area contributed by atoms with Crippen molar-refractivity contribution in [2.45, 2.75) is 51.6 Å². The molecule has 39 heavy (non-hydrogen) atoms. The highest BCUT2D eigenvalue weighted by atomic mass is 28.3. The molecule has 208 valence electrons. The Kier molecular flexibility index (Phi) is 7.38. The van der Waals surface area contributed by atoms with Gasteiger partial charge in [-0.1, -0.05) is 19.6 Å². The molecule has 13 heteroatoms. The molecule has 0 N–H and O–H groups in total. The fourth-order valence-corrected chi connectivity index (χ4v) is 5.41. The maximum atomic E-state index is 14.6. The largest absolute Gasteiger partial charge is 0.481 e. The summed E-state index contributed by atoms with van der Waals surface area (Å²) in [4.78, 5) is 8.59. The Morgan fingerprint density at radius 3 is 2.72 bits per heavy atom. The summed E-state index contributed by atoms with van der Waals surface area (Å²) in [5.74, 6) is -0.560. The average Bonchev–Trinajstić information content (AvgIpc) is 3.41. The van der Waals surface area contributed by atoms with E-state index < -0.39 is 32.2 Å². The van der Waals surface area contributed by atoms with Crippen molar-refractivity contribution in [1.29, 1.82) is 0 Å². The van der Waals surface area contributed by atoms with Gasteiger partial charge in [0.2, 0.25) is 11.8 Å². The number of nitrogens with zero attached hydrogens (tertiary/aromatic N) is 5. The predicted octanol–water partition coefficient (Wildman–Crippen LogP) is 6.09. The summed E-state index contributed by atoms with van der Waals surface area (Å²) in [6.07, 6.45) is -1.83. The quantitative estimate of drug-likeness (QED) is 0.139. The van der Waals surface area contributed by atoms with Crippen LogP contribution in [0.2, 0.25) is 25.7 Å². The maximum Gasteiger partial charge on any atom is 0.282 e. The molecule has 0 fully saturated rings. The van der Waals surface area contributed by atoms with Crippen LogP contribution in [0.25, 0.3) is 33.4 Å². The van der Waals surface area contributed by atoms with E-state index in [1.165, 1.54) is 13.2 Å². The van der Waals surface area contributed by atoms with Crippen molar-refractivity contribution in [3.63, 3.8) is 0 Å². The van der Waals surface area contributed by atoms with Gasteiger partial charge in [0.15, 0.2) is 6.17 Å². The number of alkyl halides is 3. The first-order valence-electron chi connectivity index (χ1n) is 12.5. The minimum atomic E-state index is -3.01. The number of methoxy groups -OCH3 is 1. The Labute approximate surface area is 223 Å². The number of fused-ring (bicyclic) bond motifs is 2. The van der Waals surface area contributed by atoms with Gasteiger partial charge >= 0.3 is 0 Å². The van der Waals surface area contributed by atoms with Crippen LogP contribution in [0.15, 0.2) is 30.6 Å². The molecule has 0 radical (unpaired) electrons. The predicted molar refractivity (Wildman–Crippen MR) is 140 cm³/mol. The average molecular weight is 564 g/mol. The van der Waals surface area contributed by atoms with Gasteiger partial charge in [0.05, 0.1) is 31.1 Å². The summed E-state index contributed by atoms with van der Waals surface area (Å²) in [5.41, 5.74) is 0.586. The number of halogens is 4. The van der Waals surface area contributed by atoms with Crippen LogP contribution in [-0.2, 0) is 18.0 Å². The maximum absolute atomic E-state index is 14.6. The van der Waals surface area contributed by atoms with Gasteiger partial charge in [0.1, 0.15) is 30.5 Å². The molecule has 5 heterocycles.